The van der Waals surface area contributed by atoms with Crippen molar-refractivity contribution >= 4 is 55.1 Å². The molecule has 1 fully saturated rings. The van der Waals surface area contributed by atoms with Crippen LogP contribution in [0.25, 0.3) is 0 Å². The van der Waals surface area contributed by atoms with E-state index in [2.05, 4.69) is 31.9 Å². The highest BCUT2D eigenvalue weighted by atomic mass is 79.9. The van der Waals surface area contributed by atoms with Gasteiger partial charge in [-0.3, -0.25) is 9.59 Å². The van der Waals surface area contributed by atoms with Crippen LogP contribution in [0.2, 0.25) is 0 Å². The lowest BCUT2D eigenvalue weighted by atomic mass is 10.3. The number of esters is 1. The van der Waals surface area contributed by atoms with E-state index in [4.69, 9.17) is 4.74 Å². The second-order valence-electron chi connectivity index (χ2n) is 4.98. The highest BCUT2D eigenvalue weighted by Gasteiger charge is 2.28. The maximum Gasteiger partial charge on any atom is 0.307 e. The zero-order chi connectivity index (χ0) is 15.4. The maximum atomic E-state index is 12.6. The molecular weight excluding hydrogens is 422 g/mol. The van der Waals surface area contributed by atoms with E-state index in [1.807, 2.05) is 6.07 Å². The normalized spacial score (nSPS) is 14.0. The molecule has 0 saturated heterocycles. The van der Waals surface area contributed by atoms with E-state index in [-0.39, 0.29) is 18.3 Å². The summed E-state index contributed by atoms with van der Waals surface area (Å²) in [5.41, 5.74) is 0. The van der Waals surface area contributed by atoms with Gasteiger partial charge in [0.1, 0.15) is 0 Å². The van der Waals surface area contributed by atoms with Gasteiger partial charge in [-0.2, -0.15) is 0 Å². The van der Waals surface area contributed by atoms with Crippen LogP contribution in [-0.4, -0.2) is 36.5 Å². The smallest absolute Gasteiger partial charge is 0.307 e. The molecule has 7 heteroatoms. The molecular formula is C14H17Br2NO3S. The summed E-state index contributed by atoms with van der Waals surface area (Å²) in [6.07, 6.45) is 2.59. The summed E-state index contributed by atoms with van der Waals surface area (Å²) >= 11 is 8.21. The Hall–Kier alpha value is -0.400. The molecule has 0 spiro atoms. The van der Waals surface area contributed by atoms with Crippen LogP contribution in [-0.2, 0) is 9.53 Å². The maximum absolute atomic E-state index is 12.6. The molecule has 4 nitrogen and oxygen atoms in total. The zero-order valence-corrected chi connectivity index (χ0v) is 15.7. The van der Waals surface area contributed by atoms with Gasteiger partial charge in [0, 0.05) is 17.6 Å². The van der Waals surface area contributed by atoms with Gasteiger partial charge in [0.15, 0.2) is 0 Å². The van der Waals surface area contributed by atoms with Crippen LogP contribution in [0.5, 0.6) is 0 Å². The second-order valence-corrected chi connectivity index (χ2v) is 8.21. The van der Waals surface area contributed by atoms with Gasteiger partial charge < -0.3 is 9.64 Å². The molecule has 116 valence electrons. The Labute approximate surface area is 145 Å². The molecule has 0 bridgehead atoms. The number of carbonyl (C=O) groups is 2. The minimum Gasteiger partial charge on any atom is -0.466 e. The first-order valence-corrected chi connectivity index (χ1v) is 9.31. The largest absolute Gasteiger partial charge is 0.466 e. The predicted molar refractivity (Wildman–Crippen MR) is 89.6 cm³/mol. The summed E-state index contributed by atoms with van der Waals surface area (Å²) < 4.78 is 6.72. The number of halogens is 2. The van der Waals surface area contributed by atoms with Gasteiger partial charge in [-0.25, -0.2) is 0 Å². The van der Waals surface area contributed by atoms with Crippen molar-refractivity contribution in [1.29, 1.82) is 0 Å². The van der Waals surface area contributed by atoms with Crippen molar-refractivity contribution in [1.82, 2.24) is 4.90 Å². The number of hydrogen-bond acceptors (Lipinski definition) is 4. The number of rotatable bonds is 7. The number of hydrogen-bond donors (Lipinski definition) is 0. The van der Waals surface area contributed by atoms with Crippen LogP contribution < -0.4 is 0 Å². The van der Waals surface area contributed by atoms with Crippen molar-refractivity contribution in [3.05, 3.63) is 19.2 Å². The summed E-state index contributed by atoms with van der Waals surface area (Å²) in [6, 6.07) is 1.82. The quantitative estimate of drug-likeness (QED) is 0.602. The van der Waals surface area contributed by atoms with Crippen molar-refractivity contribution in [3.63, 3.8) is 0 Å². The average Bonchev–Trinajstić information content (AvgIpc) is 3.20. The summed E-state index contributed by atoms with van der Waals surface area (Å²) in [5.74, 6) is 0.324. The monoisotopic (exact) mass is 437 g/mol. The SMILES string of the molecule is CCOC(=O)CCN(CC1CC1)C(=O)c1cc(Br)c(Br)s1. The van der Waals surface area contributed by atoms with Crippen LogP contribution in [0.15, 0.2) is 14.3 Å². The van der Waals surface area contributed by atoms with E-state index in [9.17, 15) is 9.59 Å². The first-order valence-electron chi connectivity index (χ1n) is 6.91. The zero-order valence-electron chi connectivity index (χ0n) is 11.7. The molecule has 1 aromatic heterocycles. The Morgan fingerprint density at radius 2 is 2.14 bits per heavy atom. The molecule has 2 rings (SSSR count). The van der Waals surface area contributed by atoms with Crippen LogP contribution in [0.3, 0.4) is 0 Å². The first kappa shape index (κ1) is 17.0. The Balaban J connectivity index is 2.00. The van der Waals surface area contributed by atoms with E-state index in [1.165, 1.54) is 24.2 Å². The van der Waals surface area contributed by atoms with Gasteiger partial charge in [0.2, 0.25) is 0 Å². The fourth-order valence-corrected chi connectivity index (χ4v) is 3.96. The van der Waals surface area contributed by atoms with E-state index in [0.29, 0.717) is 23.9 Å². The molecule has 21 heavy (non-hydrogen) atoms. The summed E-state index contributed by atoms with van der Waals surface area (Å²) in [7, 11) is 0. The Kier molecular flexibility index (Phi) is 6.25. The molecule has 0 atom stereocenters. The number of nitrogens with zero attached hydrogens (tertiary/aromatic N) is 1. The lowest BCUT2D eigenvalue weighted by molar-refractivity contribution is -0.143. The lowest BCUT2D eigenvalue weighted by Crippen LogP contribution is -2.34. The van der Waals surface area contributed by atoms with Crippen LogP contribution in [0.4, 0.5) is 0 Å². The predicted octanol–water partition coefficient (Wildman–Crippen LogP) is 4.08. The Bertz CT molecular complexity index is 509. The topological polar surface area (TPSA) is 46.6 Å². The Morgan fingerprint density at radius 3 is 2.67 bits per heavy atom. The standard InChI is InChI=1S/C14H17Br2NO3S/c1-2-20-12(18)5-6-17(8-9-3-4-9)14(19)11-7-10(15)13(16)21-11/h7,9H,2-6,8H2,1H3. The number of thiophene rings is 1. The third kappa shape index (κ3) is 5.07. The molecule has 0 radical (unpaired) electrons. The molecule has 1 saturated carbocycles. The molecule has 1 aliphatic rings. The average molecular weight is 439 g/mol. The summed E-state index contributed by atoms with van der Waals surface area (Å²) in [5, 5.41) is 0. The van der Waals surface area contributed by atoms with Crippen LogP contribution in [0, 0.1) is 5.92 Å². The van der Waals surface area contributed by atoms with Crippen molar-refractivity contribution in [2.24, 2.45) is 5.92 Å². The van der Waals surface area contributed by atoms with Gasteiger partial charge in [-0.15, -0.1) is 11.3 Å². The number of carbonyl (C=O) groups excluding carboxylic acids is 2. The first-order chi connectivity index (χ1) is 10.0. The summed E-state index contributed by atoms with van der Waals surface area (Å²) in [6.45, 7) is 3.30. The van der Waals surface area contributed by atoms with Crippen LogP contribution in [0.1, 0.15) is 35.9 Å². The third-order valence-electron chi connectivity index (χ3n) is 3.21. The number of amides is 1. The van der Waals surface area contributed by atoms with E-state index < -0.39 is 0 Å². The molecule has 1 aliphatic carbocycles. The lowest BCUT2D eigenvalue weighted by Gasteiger charge is -2.21. The molecule has 1 heterocycles. The van der Waals surface area contributed by atoms with Gasteiger partial charge in [-0.05, 0) is 63.6 Å². The molecule has 0 aliphatic heterocycles. The minimum absolute atomic E-state index is 0.0115. The van der Waals surface area contributed by atoms with Gasteiger partial charge in [0.25, 0.3) is 5.91 Å². The molecule has 0 N–H and O–H groups in total. The Morgan fingerprint density at radius 1 is 1.43 bits per heavy atom. The van der Waals surface area contributed by atoms with Crippen molar-refractivity contribution in [3.8, 4) is 0 Å². The van der Waals surface area contributed by atoms with E-state index in [1.54, 1.807) is 11.8 Å². The molecule has 1 amide bonds. The fourth-order valence-electron chi connectivity index (χ4n) is 1.96. The van der Waals surface area contributed by atoms with Gasteiger partial charge >= 0.3 is 5.97 Å². The summed E-state index contributed by atoms with van der Waals surface area (Å²) in [4.78, 5) is 26.5. The van der Waals surface area contributed by atoms with Crippen molar-refractivity contribution < 1.29 is 14.3 Å². The molecule has 0 aromatic carbocycles. The molecule has 1 aromatic rings. The van der Waals surface area contributed by atoms with Crippen molar-refractivity contribution in [2.45, 2.75) is 26.2 Å². The van der Waals surface area contributed by atoms with E-state index in [0.717, 1.165) is 14.8 Å². The van der Waals surface area contributed by atoms with Gasteiger partial charge in [-0.1, -0.05) is 0 Å². The van der Waals surface area contributed by atoms with Crippen molar-refractivity contribution in [2.75, 3.05) is 19.7 Å². The fraction of sp³-hybridized carbons (Fsp3) is 0.571. The van der Waals surface area contributed by atoms with E-state index >= 15 is 0 Å². The second kappa shape index (κ2) is 7.74. The van der Waals surface area contributed by atoms with Gasteiger partial charge in [0.05, 0.1) is 21.7 Å². The highest BCUT2D eigenvalue weighted by Crippen LogP contribution is 2.34. The third-order valence-corrected chi connectivity index (χ3v) is 6.45. The minimum atomic E-state index is -0.250. The molecule has 0 unspecified atom stereocenters. The number of ether oxygens (including phenoxy) is 1. The highest BCUT2D eigenvalue weighted by molar-refractivity contribution is 9.13. The van der Waals surface area contributed by atoms with Crippen LogP contribution >= 0.6 is 43.2 Å².